The van der Waals surface area contributed by atoms with Crippen LogP contribution >= 0.6 is 11.3 Å². The normalized spacial score (nSPS) is 16.4. The van der Waals surface area contributed by atoms with E-state index in [0.29, 0.717) is 12.1 Å². The monoisotopic (exact) mass is 383 g/mol. The molecule has 0 spiro atoms. The van der Waals surface area contributed by atoms with Gasteiger partial charge in [0.2, 0.25) is 0 Å². The van der Waals surface area contributed by atoms with E-state index < -0.39 is 5.97 Å². The number of rotatable bonds is 5. The highest BCUT2D eigenvalue weighted by molar-refractivity contribution is 7.10. The maximum atomic E-state index is 12.5. The van der Waals surface area contributed by atoms with Gasteiger partial charge in [-0.05, 0) is 59.0 Å². The minimum atomic E-state index is -0.529. The number of carbonyl (C=O) groups excluding carboxylic acids is 2. The van der Waals surface area contributed by atoms with Gasteiger partial charge in [0.05, 0.1) is 17.3 Å². The molecule has 1 atom stereocenters. The van der Waals surface area contributed by atoms with E-state index in [4.69, 9.17) is 4.74 Å². The molecule has 138 valence electrons. The van der Waals surface area contributed by atoms with E-state index in [1.165, 1.54) is 15.9 Å². The molecule has 2 aromatic heterocycles. The van der Waals surface area contributed by atoms with Crippen LogP contribution in [0.3, 0.4) is 0 Å². The second kappa shape index (κ2) is 7.67. The molecule has 1 aromatic carbocycles. The molecular weight excluding hydrogens is 366 g/mol. The molecule has 1 unspecified atom stereocenters. The van der Waals surface area contributed by atoms with E-state index in [-0.39, 0.29) is 18.6 Å². The molecule has 3 heterocycles. The van der Waals surface area contributed by atoms with E-state index in [1.807, 2.05) is 17.5 Å². The molecule has 0 radical (unpaired) electrons. The van der Waals surface area contributed by atoms with Crippen LogP contribution < -0.4 is 0 Å². The van der Waals surface area contributed by atoms with Crippen LogP contribution in [0.4, 0.5) is 0 Å². The molecule has 0 N–H and O–H groups in total. The van der Waals surface area contributed by atoms with Crippen molar-refractivity contribution in [1.29, 1.82) is 0 Å². The molecule has 3 aromatic rings. The van der Waals surface area contributed by atoms with Crippen molar-refractivity contribution in [2.75, 3.05) is 13.2 Å². The van der Waals surface area contributed by atoms with Crippen molar-refractivity contribution in [1.82, 2.24) is 25.1 Å². The van der Waals surface area contributed by atoms with E-state index in [0.717, 1.165) is 18.5 Å². The lowest BCUT2D eigenvalue weighted by atomic mass is 10.2. The first-order valence-corrected chi connectivity index (χ1v) is 9.44. The summed E-state index contributed by atoms with van der Waals surface area (Å²) in [7, 11) is 0. The summed E-state index contributed by atoms with van der Waals surface area (Å²) in [6, 6.07) is 10.8. The number of ether oxygens (including phenoxy) is 1. The molecule has 27 heavy (non-hydrogen) atoms. The highest BCUT2D eigenvalue weighted by atomic mass is 32.1. The molecular formula is C18H17N5O3S. The first kappa shape index (κ1) is 17.3. The summed E-state index contributed by atoms with van der Waals surface area (Å²) < 4.78 is 6.71. The Morgan fingerprint density at radius 2 is 2.07 bits per heavy atom. The number of likely N-dealkylation sites (tertiary alicyclic amines) is 1. The van der Waals surface area contributed by atoms with Gasteiger partial charge < -0.3 is 9.64 Å². The largest absolute Gasteiger partial charge is 0.452 e. The van der Waals surface area contributed by atoms with Gasteiger partial charge in [0, 0.05) is 11.4 Å². The molecule has 1 saturated heterocycles. The molecule has 8 nitrogen and oxygen atoms in total. The lowest BCUT2D eigenvalue weighted by Crippen LogP contribution is -2.34. The van der Waals surface area contributed by atoms with Crippen molar-refractivity contribution in [3.63, 3.8) is 0 Å². The number of esters is 1. The fourth-order valence-electron chi connectivity index (χ4n) is 3.17. The SMILES string of the molecule is O=C(OCC(=O)N1CCCC1c1cccs1)c1ccc(-n2cnnn2)cc1. The van der Waals surface area contributed by atoms with Crippen LogP contribution in [-0.2, 0) is 9.53 Å². The fraction of sp³-hybridized carbons (Fsp3) is 0.278. The van der Waals surface area contributed by atoms with E-state index in [2.05, 4.69) is 15.5 Å². The molecule has 9 heteroatoms. The number of amides is 1. The zero-order valence-corrected chi connectivity index (χ0v) is 15.2. The van der Waals surface area contributed by atoms with Gasteiger partial charge in [0.15, 0.2) is 6.61 Å². The predicted octanol–water partition coefficient (Wildman–Crippen LogP) is 2.24. The zero-order valence-electron chi connectivity index (χ0n) is 14.4. The first-order valence-electron chi connectivity index (χ1n) is 8.56. The maximum absolute atomic E-state index is 12.5. The van der Waals surface area contributed by atoms with Crippen molar-refractivity contribution in [2.24, 2.45) is 0 Å². The molecule has 1 amide bonds. The number of tetrazole rings is 1. The lowest BCUT2D eigenvalue weighted by Gasteiger charge is -2.23. The third kappa shape index (κ3) is 3.72. The molecule has 0 bridgehead atoms. The van der Waals surface area contributed by atoms with Crippen molar-refractivity contribution < 1.29 is 14.3 Å². The molecule has 1 fully saturated rings. The zero-order chi connectivity index (χ0) is 18.6. The Bertz CT molecular complexity index is 909. The summed E-state index contributed by atoms with van der Waals surface area (Å²) in [4.78, 5) is 27.7. The minimum Gasteiger partial charge on any atom is -0.452 e. The van der Waals surface area contributed by atoms with Gasteiger partial charge in [-0.15, -0.1) is 16.4 Å². The van der Waals surface area contributed by atoms with Crippen LogP contribution in [0.15, 0.2) is 48.1 Å². The topological polar surface area (TPSA) is 90.2 Å². The third-order valence-corrected chi connectivity index (χ3v) is 5.46. The summed E-state index contributed by atoms with van der Waals surface area (Å²) in [6.45, 7) is 0.440. The van der Waals surface area contributed by atoms with Gasteiger partial charge in [0.25, 0.3) is 5.91 Å². The smallest absolute Gasteiger partial charge is 0.338 e. The van der Waals surface area contributed by atoms with Gasteiger partial charge in [-0.3, -0.25) is 4.79 Å². The maximum Gasteiger partial charge on any atom is 0.338 e. The van der Waals surface area contributed by atoms with Crippen LogP contribution in [0, 0.1) is 0 Å². The van der Waals surface area contributed by atoms with Crippen molar-refractivity contribution in [3.8, 4) is 5.69 Å². The van der Waals surface area contributed by atoms with Crippen LogP contribution in [-0.4, -0.2) is 50.1 Å². The molecule has 0 saturated carbocycles. The number of thiophene rings is 1. The Morgan fingerprint density at radius 1 is 1.22 bits per heavy atom. The second-order valence-electron chi connectivity index (χ2n) is 6.14. The van der Waals surface area contributed by atoms with Crippen LogP contribution in [0.2, 0.25) is 0 Å². The molecule has 1 aliphatic rings. The second-order valence-corrected chi connectivity index (χ2v) is 7.12. The number of aromatic nitrogens is 4. The summed E-state index contributed by atoms with van der Waals surface area (Å²) in [6.07, 6.45) is 3.37. The van der Waals surface area contributed by atoms with Crippen LogP contribution in [0.25, 0.3) is 5.69 Å². The van der Waals surface area contributed by atoms with Crippen molar-refractivity contribution in [2.45, 2.75) is 18.9 Å². The number of carbonyl (C=O) groups is 2. The van der Waals surface area contributed by atoms with Gasteiger partial charge in [0.1, 0.15) is 6.33 Å². The Balaban J connectivity index is 1.35. The number of hydrogen-bond donors (Lipinski definition) is 0. The van der Waals surface area contributed by atoms with E-state index in [9.17, 15) is 9.59 Å². The highest BCUT2D eigenvalue weighted by Gasteiger charge is 2.31. The Kier molecular flexibility index (Phi) is 4.93. The first-order chi connectivity index (χ1) is 13.2. The Morgan fingerprint density at radius 3 is 2.78 bits per heavy atom. The standard InChI is InChI=1S/C18H17N5O3S/c24-17(22-9-1-3-15(22)16-4-2-10-27-16)11-26-18(25)13-5-7-14(8-6-13)23-12-19-20-21-23/h2,4-8,10,12,15H,1,3,9,11H2. The third-order valence-electron chi connectivity index (χ3n) is 4.49. The quantitative estimate of drug-likeness (QED) is 0.628. The highest BCUT2D eigenvalue weighted by Crippen LogP contribution is 2.34. The van der Waals surface area contributed by atoms with Gasteiger partial charge in [-0.1, -0.05) is 6.07 Å². The molecule has 0 aliphatic carbocycles. The van der Waals surface area contributed by atoms with E-state index >= 15 is 0 Å². The fourth-order valence-corrected chi connectivity index (χ4v) is 4.04. The number of nitrogens with zero attached hydrogens (tertiary/aromatic N) is 5. The van der Waals surface area contributed by atoms with Gasteiger partial charge in [-0.25, -0.2) is 9.48 Å². The summed E-state index contributed by atoms with van der Waals surface area (Å²) in [5, 5.41) is 12.9. The van der Waals surface area contributed by atoms with Crippen LogP contribution in [0.1, 0.15) is 34.1 Å². The Hall–Kier alpha value is -3.07. The van der Waals surface area contributed by atoms with Crippen molar-refractivity contribution in [3.05, 3.63) is 58.5 Å². The summed E-state index contributed by atoms with van der Waals surface area (Å²) in [5.74, 6) is -0.692. The summed E-state index contributed by atoms with van der Waals surface area (Å²) >= 11 is 1.65. The minimum absolute atomic E-state index is 0.0896. The average Bonchev–Trinajstić information content (AvgIpc) is 3.47. The van der Waals surface area contributed by atoms with Gasteiger partial charge >= 0.3 is 5.97 Å². The van der Waals surface area contributed by atoms with E-state index in [1.54, 1.807) is 40.5 Å². The lowest BCUT2D eigenvalue weighted by molar-refractivity contribution is -0.135. The Labute approximate surface area is 159 Å². The molecule has 4 rings (SSSR count). The summed E-state index contributed by atoms with van der Waals surface area (Å²) in [5.41, 5.74) is 1.10. The van der Waals surface area contributed by atoms with Crippen LogP contribution in [0.5, 0.6) is 0 Å². The van der Waals surface area contributed by atoms with Crippen molar-refractivity contribution >= 4 is 23.2 Å². The predicted molar refractivity (Wildman–Crippen MR) is 97.4 cm³/mol. The number of benzene rings is 1. The average molecular weight is 383 g/mol. The number of hydrogen-bond acceptors (Lipinski definition) is 7. The van der Waals surface area contributed by atoms with Gasteiger partial charge in [-0.2, -0.15) is 0 Å². The molecule has 1 aliphatic heterocycles.